The van der Waals surface area contributed by atoms with Crippen LogP contribution in [0.5, 0.6) is 0 Å². The average molecular weight is 277 g/mol. The summed E-state index contributed by atoms with van der Waals surface area (Å²) in [6.07, 6.45) is 7.39. The molecule has 1 aliphatic rings. The molecule has 0 aromatic carbocycles. The molecule has 0 spiro atoms. The summed E-state index contributed by atoms with van der Waals surface area (Å²) < 4.78 is 7.41. The molecular weight excluding hydrogens is 254 g/mol. The molecule has 110 valence electrons. The van der Waals surface area contributed by atoms with Gasteiger partial charge in [-0.25, -0.2) is 9.78 Å². The van der Waals surface area contributed by atoms with Gasteiger partial charge in [-0.1, -0.05) is 11.6 Å². The van der Waals surface area contributed by atoms with Crippen molar-refractivity contribution in [2.24, 2.45) is 7.05 Å². The van der Waals surface area contributed by atoms with E-state index in [2.05, 4.69) is 11.1 Å². The molecular formula is C15H23N3O2. The van der Waals surface area contributed by atoms with Crippen LogP contribution in [0.15, 0.2) is 24.2 Å². The van der Waals surface area contributed by atoms with Gasteiger partial charge in [-0.2, -0.15) is 0 Å². The molecule has 1 aliphatic heterocycles. The lowest BCUT2D eigenvalue weighted by atomic mass is 10.0. The zero-order valence-corrected chi connectivity index (χ0v) is 12.7. The lowest BCUT2D eigenvalue weighted by Crippen LogP contribution is -2.39. The first-order valence-electron chi connectivity index (χ1n) is 6.96. The Morgan fingerprint density at radius 3 is 2.70 bits per heavy atom. The number of amides is 1. The van der Waals surface area contributed by atoms with Crippen LogP contribution < -0.4 is 0 Å². The normalized spacial score (nSPS) is 16.0. The van der Waals surface area contributed by atoms with Crippen LogP contribution in [0.25, 0.3) is 0 Å². The summed E-state index contributed by atoms with van der Waals surface area (Å²) in [5, 5.41) is 0. The molecule has 20 heavy (non-hydrogen) atoms. The van der Waals surface area contributed by atoms with Gasteiger partial charge in [0.25, 0.3) is 0 Å². The quantitative estimate of drug-likeness (QED) is 0.780. The fourth-order valence-corrected chi connectivity index (χ4v) is 2.15. The third-order valence-electron chi connectivity index (χ3n) is 3.28. The zero-order valence-electron chi connectivity index (χ0n) is 12.7. The SMILES string of the molecule is Cn1cncc1CC1=CCN(C(=O)OC(C)(C)C)CC1. The Morgan fingerprint density at radius 2 is 2.20 bits per heavy atom. The number of nitrogens with zero attached hydrogens (tertiary/aromatic N) is 3. The van der Waals surface area contributed by atoms with Crippen LogP contribution in [0, 0.1) is 0 Å². The van der Waals surface area contributed by atoms with E-state index in [1.54, 1.807) is 4.90 Å². The molecule has 0 atom stereocenters. The highest BCUT2D eigenvalue weighted by atomic mass is 16.6. The van der Waals surface area contributed by atoms with E-state index in [9.17, 15) is 4.79 Å². The molecule has 0 unspecified atom stereocenters. The van der Waals surface area contributed by atoms with Crippen molar-refractivity contribution in [1.82, 2.24) is 14.5 Å². The van der Waals surface area contributed by atoms with E-state index in [0.717, 1.165) is 19.4 Å². The second-order valence-corrected chi connectivity index (χ2v) is 6.21. The van der Waals surface area contributed by atoms with Crippen molar-refractivity contribution in [1.29, 1.82) is 0 Å². The molecule has 0 saturated heterocycles. The lowest BCUT2D eigenvalue weighted by Gasteiger charge is -2.29. The van der Waals surface area contributed by atoms with Gasteiger partial charge in [-0.3, -0.25) is 0 Å². The van der Waals surface area contributed by atoms with Gasteiger partial charge in [0.1, 0.15) is 5.60 Å². The first-order chi connectivity index (χ1) is 9.35. The highest BCUT2D eigenvalue weighted by molar-refractivity contribution is 5.68. The summed E-state index contributed by atoms with van der Waals surface area (Å²) in [7, 11) is 2.00. The summed E-state index contributed by atoms with van der Waals surface area (Å²) >= 11 is 0. The molecule has 2 rings (SSSR count). The molecule has 5 heteroatoms. The molecule has 1 aromatic rings. The molecule has 1 amide bonds. The number of ether oxygens (including phenoxy) is 1. The van der Waals surface area contributed by atoms with E-state index in [0.29, 0.717) is 6.54 Å². The number of carbonyl (C=O) groups is 1. The topological polar surface area (TPSA) is 47.4 Å². The van der Waals surface area contributed by atoms with E-state index in [-0.39, 0.29) is 6.09 Å². The monoisotopic (exact) mass is 277 g/mol. The van der Waals surface area contributed by atoms with E-state index >= 15 is 0 Å². The van der Waals surface area contributed by atoms with Crippen molar-refractivity contribution in [3.63, 3.8) is 0 Å². The molecule has 1 aromatic heterocycles. The molecule has 5 nitrogen and oxygen atoms in total. The minimum Gasteiger partial charge on any atom is -0.444 e. The largest absolute Gasteiger partial charge is 0.444 e. The molecule has 2 heterocycles. The van der Waals surface area contributed by atoms with E-state index < -0.39 is 5.60 Å². The van der Waals surface area contributed by atoms with Crippen LogP contribution >= 0.6 is 0 Å². The predicted molar refractivity (Wildman–Crippen MR) is 77.4 cm³/mol. The molecule has 0 aliphatic carbocycles. The Hall–Kier alpha value is -1.78. The molecule has 0 saturated carbocycles. The number of rotatable bonds is 2. The van der Waals surface area contributed by atoms with E-state index in [1.807, 2.05) is 44.9 Å². The highest BCUT2D eigenvalue weighted by Gasteiger charge is 2.23. The van der Waals surface area contributed by atoms with Crippen LogP contribution in [0.2, 0.25) is 0 Å². The first-order valence-corrected chi connectivity index (χ1v) is 6.96. The standard InChI is InChI=1S/C15H23N3O2/c1-15(2,3)20-14(19)18-7-5-12(6-8-18)9-13-10-16-11-17(13)4/h5,10-11H,6-9H2,1-4H3. The van der Waals surface area contributed by atoms with Crippen LogP contribution in [-0.4, -0.2) is 39.2 Å². The second kappa shape index (κ2) is 5.69. The lowest BCUT2D eigenvalue weighted by molar-refractivity contribution is 0.0265. The Kier molecular flexibility index (Phi) is 4.16. The Morgan fingerprint density at radius 1 is 1.45 bits per heavy atom. The summed E-state index contributed by atoms with van der Waals surface area (Å²) in [6.45, 7) is 7.01. The van der Waals surface area contributed by atoms with Crippen molar-refractivity contribution in [3.8, 4) is 0 Å². The maximum absolute atomic E-state index is 12.0. The fraction of sp³-hybridized carbons (Fsp3) is 0.600. The summed E-state index contributed by atoms with van der Waals surface area (Å²) in [4.78, 5) is 17.8. The number of hydrogen-bond acceptors (Lipinski definition) is 3. The average Bonchev–Trinajstić information content (AvgIpc) is 2.74. The van der Waals surface area contributed by atoms with Gasteiger partial charge >= 0.3 is 6.09 Å². The summed E-state index contributed by atoms with van der Waals surface area (Å²) in [5.74, 6) is 0. The first kappa shape index (κ1) is 14.6. The van der Waals surface area contributed by atoms with Crippen molar-refractivity contribution >= 4 is 6.09 Å². The third-order valence-corrected chi connectivity index (χ3v) is 3.28. The van der Waals surface area contributed by atoms with Gasteiger partial charge in [-0.05, 0) is 27.2 Å². The number of aryl methyl sites for hydroxylation is 1. The molecule has 0 bridgehead atoms. The maximum atomic E-state index is 12.0. The predicted octanol–water partition coefficient (Wildman–Crippen LogP) is 2.53. The van der Waals surface area contributed by atoms with Gasteiger partial charge in [-0.15, -0.1) is 0 Å². The summed E-state index contributed by atoms with van der Waals surface area (Å²) in [5.41, 5.74) is 2.12. The smallest absolute Gasteiger partial charge is 0.410 e. The van der Waals surface area contributed by atoms with E-state index in [4.69, 9.17) is 4.74 Å². The molecule has 0 fully saturated rings. The van der Waals surface area contributed by atoms with Crippen LogP contribution in [0.4, 0.5) is 4.79 Å². The number of imidazole rings is 1. The van der Waals surface area contributed by atoms with Gasteiger partial charge in [0, 0.05) is 38.4 Å². The number of aromatic nitrogens is 2. The second-order valence-electron chi connectivity index (χ2n) is 6.21. The number of carbonyl (C=O) groups excluding carboxylic acids is 1. The minimum absolute atomic E-state index is 0.228. The van der Waals surface area contributed by atoms with Crippen LogP contribution in [0.1, 0.15) is 32.9 Å². The Balaban J connectivity index is 1.90. The zero-order chi connectivity index (χ0) is 14.8. The van der Waals surface area contributed by atoms with Gasteiger partial charge in [0.15, 0.2) is 0 Å². The van der Waals surface area contributed by atoms with Crippen LogP contribution in [-0.2, 0) is 18.2 Å². The van der Waals surface area contributed by atoms with Gasteiger partial charge < -0.3 is 14.2 Å². The highest BCUT2D eigenvalue weighted by Crippen LogP contribution is 2.18. The van der Waals surface area contributed by atoms with Gasteiger partial charge in [0.05, 0.1) is 6.33 Å². The maximum Gasteiger partial charge on any atom is 0.410 e. The Labute approximate surface area is 120 Å². The van der Waals surface area contributed by atoms with Crippen molar-refractivity contribution in [2.45, 2.75) is 39.2 Å². The molecule has 0 N–H and O–H groups in total. The Bertz CT molecular complexity index is 511. The van der Waals surface area contributed by atoms with E-state index in [1.165, 1.54) is 11.3 Å². The summed E-state index contributed by atoms with van der Waals surface area (Å²) in [6, 6.07) is 0. The van der Waals surface area contributed by atoms with Crippen molar-refractivity contribution in [3.05, 3.63) is 29.9 Å². The van der Waals surface area contributed by atoms with Gasteiger partial charge in [0.2, 0.25) is 0 Å². The third kappa shape index (κ3) is 3.85. The molecule has 0 radical (unpaired) electrons. The fourth-order valence-electron chi connectivity index (χ4n) is 2.15. The minimum atomic E-state index is -0.435. The van der Waals surface area contributed by atoms with Crippen molar-refractivity contribution in [2.75, 3.05) is 13.1 Å². The number of hydrogen-bond donors (Lipinski definition) is 0. The van der Waals surface area contributed by atoms with Crippen molar-refractivity contribution < 1.29 is 9.53 Å². The van der Waals surface area contributed by atoms with Crippen LogP contribution in [0.3, 0.4) is 0 Å².